The van der Waals surface area contributed by atoms with Crippen LogP contribution in [0, 0.1) is 5.92 Å². The fourth-order valence-corrected chi connectivity index (χ4v) is 3.67. The summed E-state index contributed by atoms with van der Waals surface area (Å²) in [4.78, 5) is 25.4. The van der Waals surface area contributed by atoms with Gasteiger partial charge in [-0.3, -0.25) is 4.79 Å². The second-order valence-electron chi connectivity index (χ2n) is 6.08. The number of methoxy groups -OCH3 is 1. The van der Waals surface area contributed by atoms with Crippen LogP contribution in [0.1, 0.15) is 25.7 Å². The first-order valence-corrected chi connectivity index (χ1v) is 8.10. The number of fused-ring (bicyclic) bond motifs is 1. The van der Waals surface area contributed by atoms with Crippen LogP contribution < -0.4 is 4.90 Å². The summed E-state index contributed by atoms with van der Waals surface area (Å²) >= 11 is 0. The summed E-state index contributed by atoms with van der Waals surface area (Å²) in [6.07, 6.45) is 7.30. The predicted octanol–water partition coefficient (Wildman–Crippen LogP) is 1.33. The van der Waals surface area contributed by atoms with Gasteiger partial charge in [0.25, 0.3) is 0 Å². The summed E-state index contributed by atoms with van der Waals surface area (Å²) in [5.41, 5.74) is 0. The van der Waals surface area contributed by atoms with E-state index < -0.39 is 0 Å². The first kappa shape index (κ1) is 15.2. The van der Waals surface area contributed by atoms with E-state index >= 15 is 0 Å². The van der Waals surface area contributed by atoms with Gasteiger partial charge in [-0.25, -0.2) is 9.97 Å². The first-order valence-electron chi connectivity index (χ1n) is 8.10. The van der Waals surface area contributed by atoms with E-state index in [9.17, 15) is 4.79 Å². The third-order valence-corrected chi connectivity index (χ3v) is 4.75. The van der Waals surface area contributed by atoms with Crippen molar-refractivity contribution in [3.63, 3.8) is 0 Å². The summed E-state index contributed by atoms with van der Waals surface area (Å²) in [6, 6.07) is 2.18. The molecule has 2 saturated heterocycles. The summed E-state index contributed by atoms with van der Waals surface area (Å²) in [6.45, 7) is 3.16. The van der Waals surface area contributed by atoms with Crippen LogP contribution in [0.15, 0.2) is 18.5 Å². The van der Waals surface area contributed by atoms with Gasteiger partial charge < -0.3 is 14.5 Å². The number of nitrogens with zero attached hydrogens (tertiary/aromatic N) is 4. The zero-order chi connectivity index (χ0) is 15.4. The summed E-state index contributed by atoms with van der Waals surface area (Å²) in [7, 11) is 1.69. The van der Waals surface area contributed by atoms with Crippen molar-refractivity contribution in [3.05, 3.63) is 18.5 Å². The minimum Gasteiger partial charge on any atom is -0.383 e. The normalized spacial score (nSPS) is 25.8. The molecule has 0 aromatic carbocycles. The van der Waals surface area contributed by atoms with Gasteiger partial charge in [0.1, 0.15) is 0 Å². The maximum absolute atomic E-state index is 12.4. The Morgan fingerprint density at radius 1 is 1.32 bits per heavy atom. The van der Waals surface area contributed by atoms with E-state index in [1.165, 1.54) is 0 Å². The van der Waals surface area contributed by atoms with Gasteiger partial charge in [0.15, 0.2) is 0 Å². The number of carbonyl (C=O) groups excluding carboxylic acids is 1. The van der Waals surface area contributed by atoms with Crippen LogP contribution in [-0.4, -0.2) is 60.2 Å². The zero-order valence-corrected chi connectivity index (χ0v) is 13.1. The molecule has 3 heterocycles. The highest BCUT2D eigenvalue weighted by atomic mass is 16.5. The van der Waals surface area contributed by atoms with Gasteiger partial charge in [-0.2, -0.15) is 0 Å². The van der Waals surface area contributed by atoms with Crippen molar-refractivity contribution in [2.75, 3.05) is 38.3 Å². The molecule has 120 valence electrons. The second kappa shape index (κ2) is 7.05. The largest absolute Gasteiger partial charge is 0.383 e. The Balaban J connectivity index is 1.72. The van der Waals surface area contributed by atoms with Crippen molar-refractivity contribution in [2.24, 2.45) is 5.92 Å². The predicted molar refractivity (Wildman–Crippen MR) is 83.6 cm³/mol. The lowest BCUT2D eigenvalue weighted by Gasteiger charge is -2.42. The van der Waals surface area contributed by atoms with Crippen LogP contribution in [0.3, 0.4) is 0 Å². The number of ether oxygens (including phenoxy) is 1. The summed E-state index contributed by atoms with van der Waals surface area (Å²) in [5.74, 6) is 1.59. The van der Waals surface area contributed by atoms with Gasteiger partial charge in [-0.15, -0.1) is 0 Å². The molecule has 2 atom stereocenters. The zero-order valence-electron chi connectivity index (χ0n) is 13.1. The number of aromatic nitrogens is 2. The number of amides is 1. The number of hydrogen-bond acceptors (Lipinski definition) is 5. The molecule has 6 heteroatoms. The minimum atomic E-state index is 0.286. The van der Waals surface area contributed by atoms with Gasteiger partial charge in [0.2, 0.25) is 11.9 Å². The van der Waals surface area contributed by atoms with Crippen LogP contribution in [0.5, 0.6) is 0 Å². The molecule has 2 aliphatic heterocycles. The molecule has 1 aromatic heterocycles. The number of likely N-dealkylation sites (tertiary alicyclic amines) is 1. The Morgan fingerprint density at radius 3 is 2.91 bits per heavy atom. The van der Waals surface area contributed by atoms with Gasteiger partial charge in [-0.05, 0) is 31.2 Å². The molecule has 0 saturated carbocycles. The number of rotatable bonds is 4. The Bertz CT molecular complexity index is 496. The van der Waals surface area contributed by atoms with E-state index in [4.69, 9.17) is 4.74 Å². The SMILES string of the molecule is COCCN1C(=O)CCC[C@H]2CN(c3ncccn3)CC[C@H]21. The fourth-order valence-electron chi connectivity index (χ4n) is 3.67. The van der Waals surface area contributed by atoms with Crippen LogP contribution in [0.2, 0.25) is 0 Å². The van der Waals surface area contributed by atoms with Crippen molar-refractivity contribution in [2.45, 2.75) is 31.7 Å². The Labute approximate surface area is 131 Å². The van der Waals surface area contributed by atoms with Crippen LogP contribution in [0.25, 0.3) is 0 Å². The van der Waals surface area contributed by atoms with Crippen molar-refractivity contribution < 1.29 is 9.53 Å². The highest BCUT2D eigenvalue weighted by molar-refractivity contribution is 5.77. The number of piperidine rings is 1. The molecule has 0 spiro atoms. The molecule has 0 aliphatic carbocycles. The Kier molecular flexibility index (Phi) is 4.87. The highest BCUT2D eigenvalue weighted by Gasteiger charge is 2.37. The fraction of sp³-hybridized carbons (Fsp3) is 0.688. The molecule has 3 rings (SSSR count). The topological polar surface area (TPSA) is 58.6 Å². The van der Waals surface area contributed by atoms with Gasteiger partial charge in [-0.1, -0.05) is 0 Å². The van der Waals surface area contributed by atoms with Crippen LogP contribution in [0.4, 0.5) is 5.95 Å². The highest BCUT2D eigenvalue weighted by Crippen LogP contribution is 2.31. The molecule has 6 nitrogen and oxygen atoms in total. The lowest BCUT2D eigenvalue weighted by molar-refractivity contribution is -0.134. The van der Waals surface area contributed by atoms with Gasteiger partial charge >= 0.3 is 0 Å². The smallest absolute Gasteiger partial charge is 0.225 e. The average molecular weight is 304 g/mol. The number of carbonyl (C=O) groups is 1. The van der Waals surface area contributed by atoms with E-state index in [1.54, 1.807) is 19.5 Å². The molecule has 22 heavy (non-hydrogen) atoms. The minimum absolute atomic E-state index is 0.286. The molecule has 1 aromatic rings. The molecule has 1 amide bonds. The lowest BCUT2D eigenvalue weighted by atomic mass is 9.88. The van der Waals surface area contributed by atoms with Crippen LogP contribution in [-0.2, 0) is 9.53 Å². The van der Waals surface area contributed by atoms with E-state index in [2.05, 4.69) is 19.8 Å². The molecule has 0 unspecified atom stereocenters. The first-order chi connectivity index (χ1) is 10.8. The number of anilines is 1. The number of hydrogen-bond donors (Lipinski definition) is 0. The van der Waals surface area contributed by atoms with Crippen molar-refractivity contribution in [1.82, 2.24) is 14.9 Å². The summed E-state index contributed by atoms with van der Waals surface area (Å²) in [5, 5.41) is 0. The molecular weight excluding hydrogens is 280 g/mol. The summed E-state index contributed by atoms with van der Waals surface area (Å²) < 4.78 is 5.18. The molecule has 0 radical (unpaired) electrons. The standard InChI is InChI=1S/C16H24N4O2/c1-22-11-10-20-14-6-9-19(16-17-7-3-8-18-16)12-13(14)4-2-5-15(20)21/h3,7-8,13-14H,2,4-6,9-12H2,1H3/t13-,14+/m0/s1. The molecule has 2 fully saturated rings. The van der Waals surface area contributed by atoms with E-state index in [0.717, 1.165) is 38.3 Å². The van der Waals surface area contributed by atoms with Crippen molar-refractivity contribution in [3.8, 4) is 0 Å². The molecule has 0 N–H and O–H groups in total. The van der Waals surface area contributed by atoms with E-state index in [1.807, 2.05) is 6.07 Å². The van der Waals surface area contributed by atoms with Crippen LogP contribution >= 0.6 is 0 Å². The van der Waals surface area contributed by atoms with Crippen molar-refractivity contribution >= 4 is 11.9 Å². The Morgan fingerprint density at radius 2 is 2.14 bits per heavy atom. The van der Waals surface area contributed by atoms with Gasteiger partial charge in [0, 0.05) is 51.6 Å². The average Bonchev–Trinajstić information content (AvgIpc) is 2.71. The Hall–Kier alpha value is -1.69. The van der Waals surface area contributed by atoms with E-state index in [-0.39, 0.29) is 5.91 Å². The maximum Gasteiger partial charge on any atom is 0.225 e. The monoisotopic (exact) mass is 304 g/mol. The molecule has 2 aliphatic rings. The van der Waals surface area contributed by atoms with E-state index in [0.29, 0.717) is 31.5 Å². The van der Waals surface area contributed by atoms with Crippen molar-refractivity contribution in [1.29, 1.82) is 0 Å². The quantitative estimate of drug-likeness (QED) is 0.840. The molecular formula is C16H24N4O2. The maximum atomic E-state index is 12.4. The van der Waals surface area contributed by atoms with Gasteiger partial charge in [0.05, 0.1) is 6.61 Å². The third kappa shape index (κ3) is 3.21. The lowest BCUT2D eigenvalue weighted by Crippen LogP contribution is -2.52. The molecule has 0 bridgehead atoms. The second-order valence-corrected chi connectivity index (χ2v) is 6.08. The third-order valence-electron chi connectivity index (χ3n) is 4.75.